The highest BCUT2D eigenvalue weighted by Gasteiger charge is 2.09. The Hall–Kier alpha value is -1.94. The molecule has 3 rings (SSSR count). The predicted octanol–water partition coefficient (Wildman–Crippen LogP) is 5.31. The smallest absolute Gasteiger partial charge is 0.137 e. The Morgan fingerprint density at radius 2 is 2.00 bits per heavy atom. The quantitative estimate of drug-likeness (QED) is 0.696. The summed E-state index contributed by atoms with van der Waals surface area (Å²) in [4.78, 5) is 4.35. The van der Waals surface area contributed by atoms with Gasteiger partial charge in [0, 0.05) is 23.3 Å². The van der Waals surface area contributed by atoms with E-state index < -0.39 is 0 Å². The molecule has 2 aromatic carbocycles. The molecule has 1 unspecified atom stereocenters. The first-order valence-corrected chi connectivity index (χ1v) is 7.49. The Morgan fingerprint density at radius 3 is 2.81 bits per heavy atom. The van der Waals surface area contributed by atoms with Gasteiger partial charge in [-0.3, -0.25) is 4.98 Å². The summed E-state index contributed by atoms with van der Waals surface area (Å²) in [5, 5.41) is 4.54. The highest BCUT2D eigenvalue weighted by molar-refractivity contribution is 9.10. The minimum atomic E-state index is -0.250. The maximum absolute atomic E-state index is 13.3. The maximum Gasteiger partial charge on any atom is 0.137 e. The zero-order valence-corrected chi connectivity index (χ0v) is 13.1. The van der Waals surface area contributed by atoms with Crippen molar-refractivity contribution in [3.05, 3.63) is 70.6 Å². The summed E-state index contributed by atoms with van der Waals surface area (Å²) in [6.07, 6.45) is 1.78. The molecule has 1 atom stereocenters. The fourth-order valence-electron chi connectivity index (χ4n) is 2.33. The first kappa shape index (κ1) is 14.0. The van der Waals surface area contributed by atoms with E-state index in [4.69, 9.17) is 0 Å². The number of halogens is 2. The summed E-state index contributed by atoms with van der Waals surface area (Å²) in [5.41, 5.74) is 2.99. The van der Waals surface area contributed by atoms with Gasteiger partial charge in [-0.1, -0.05) is 12.1 Å². The van der Waals surface area contributed by atoms with E-state index in [1.165, 1.54) is 6.07 Å². The fourth-order valence-corrected chi connectivity index (χ4v) is 2.72. The zero-order chi connectivity index (χ0) is 14.8. The third-order valence-corrected chi connectivity index (χ3v) is 4.07. The number of nitrogens with one attached hydrogen (secondary N) is 1. The molecule has 106 valence electrons. The van der Waals surface area contributed by atoms with Gasteiger partial charge in [-0.15, -0.1) is 0 Å². The first-order chi connectivity index (χ1) is 10.1. The first-order valence-electron chi connectivity index (χ1n) is 6.70. The van der Waals surface area contributed by atoms with Crippen LogP contribution in [0.15, 0.2) is 59.2 Å². The van der Waals surface area contributed by atoms with Crippen molar-refractivity contribution in [1.29, 1.82) is 0 Å². The van der Waals surface area contributed by atoms with Crippen molar-refractivity contribution >= 4 is 32.5 Å². The Bertz CT molecular complexity index is 783. The van der Waals surface area contributed by atoms with Gasteiger partial charge in [-0.2, -0.15) is 0 Å². The molecule has 21 heavy (non-hydrogen) atoms. The second kappa shape index (κ2) is 5.82. The van der Waals surface area contributed by atoms with Gasteiger partial charge in [0.2, 0.25) is 0 Å². The number of hydrogen-bond donors (Lipinski definition) is 1. The summed E-state index contributed by atoms with van der Waals surface area (Å²) in [6, 6.07) is 15.1. The van der Waals surface area contributed by atoms with Crippen LogP contribution in [0.3, 0.4) is 0 Å². The summed E-state index contributed by atoms with van der Waals surface area (Å²) in [6.45, 7) is 2.05. The number of fused-ring (bicyclic) bond motifs is 1. The number of pyridine rings is 1. The Balaban J connectivity index is 1.92. The highest BCUT2D eigenvalue weighted by atomic mass is 79.9. The number of aromatic nitrogens is 1. The summed E-state index contributed by atoms with van der Waals surface area (Å²) in [7, 11) is 0. The van der Waals surface area contributed by atoms with E-state index in [9.17, 15) is 4.39 Å². The van der Waals surface area contributed by atoms with Gasteiger partial charge in [-0.05, 0) is 64.8 Å². The number of anilines is 1. The van der Waals surface area contributed by atoms with Crippen LogP contribution in [0.4, 0.5) is 10.1 Å². The molecule has 0 aliphatic carbocycles. The molecule has 4 heteroatoms. The van der Waals surface area contributed by atoms with Gasteiger partial charge < -0.3 is 5.32 Å². The van der Waals surface area contributed by atoms with Crippen LogP contribution >= 0.6 is 15.9 Å². The summed E-state index contributed by atoms with van der Waals surface area (Å²) in [5.74, 6) is -0.250. The molecular weight excluding hydrogens is 331 g/mol. The van der Waals surface area contributed by atoms with Crippen LogP contribution in [0.5, 0.6) is 0 Å². The average Bonchev–Trinajstić information content (AvgIpc) is 2.50. The van der Waals surface area contributed by atoms with Crippen molar-refractivity contribution in [2.45, 2.75) is 13.0 Å². The van der Waals surface area contributed by atoms with E-state index in [-0.39, 0.29) is 11.9 Å². The Morgan fingerprint density at radius 1 is 1.14 bits per heavy atom. The third-order valence-electron chi connectivity index (χ3n) is 3.46. The maximum atomic E-state index is 13.3. The molecule has 0 saturated carbocycles. The van der Waals surface area contributed by atoms with Crippen LogP contribution in [-0.2, 0) is 0 Å². The molecule has 0 bridgehead atoms. The van der Waals surface area contributed by atoms with Gasteiger partial charge >= 0.3 is 0 Å². The minimum Gasteiger partial charge on any atom is -0.378 e. The number of rotatable bonds is 3. The van der Waals surface area contributed by atoms with E-state index >= 15 is 0 Å². The van der Waals surface area contributed by atoms with Crippen molar-refractivity contribution in [3.8, 4) is 0 Å². The highest BCUT2D eigenvalue weighted by Crippen LogP contribution is 2.27. The van der Waals surface area contributed by atoms with Gasteiger partial charge in [-0.25, -0.2) is 4.39 Å². The predicted molar refractivity (Wildman–Crippen MR) is 87.9 cm³/mol. The van der Waals surface area contributed by atoms with Crippen LogP contribution in [-0.4, -0.2) is 4.98 Å². The SMILES string of the molecule is CC(Nc1cccc2ncccc12)c1ccc(F)c(Br)c1. The van der Waals surface area contributed by atoms with E-state index in [1.807, 2.05) is 30.3 Å². The molecule has 0 spiro atoms. The second-order valence-electron chi connectivity index (χ2n) is 4.92. The molecule has 0 radical (unpaired) electrons. The zero-order valence-electron chi connectivity index (χ0n) is 11.5. The number of nitrogens with zero attached hydrogens (tertiary/aromatic N) is 1. The van der Waals surface area contributed by atoms with Crippen LogP contribution in [0.1, 0.15) is 18.5 Å². The molecule has 1 N–H and O–H groups in total. The molecule has 0 saturated heterocycles. The summed E-state index contributed by atoms with van der Waals surface area (Å²) < 4.78 is 13.8. The molecule has 2 nitrogen and oxygen atoms in total. The molecule has 0 fully saturated rings. The lowest BCUT2D eigenvalue weighted by Gasteiger charge is -2.17. The van der Waals surface area contributed by atoms with Crippen LogP contribution in [0.25, 0.3) is 10.9 Å². The normalized spacial score (nSPS) is 12.3. The largest absolute Gasteiger partial charge is 0.378 e. The number of benzene rings is 2. The molecule has 0 amide bonds. The lowest BCUT2D eigenvalue weighted by atomic mass is 10.1. The average molecular weight is 345 g/mol. The van der Waals surface area contributed by atoms with Crippen LogP contribution < -0.4 is 5.32 Å². The van der Waals surface area contributed by atoms with Crippen molar-refractivity contribution < 1.29 is 4.39 Å². The third kappa shape index (κ3) is 2.90. The molecule has 0 aliphatic rings. The molecule has 3 aromatic rings. The monoisotopic (exact) mass is 344 g/mol. The van der Waals surface area contributed by atoms with Crippen molar-refractivity contribution in [1.82, 2.24) is 4.98 Å². The Labute approximate surface area is 131 Å². The van der Waals surface area contributed by atoms with Gasteiger partial charge in [0.15, 0.2) is 0 Å². The van der Waals surface area contributed by atoms with E-state index in [1.54, 1.807) is 18.3 Å². The number of hydrogen-bond acceptors (Lipinski definition) is 2. The van der Waals surface area contributed by atoms with Gasteiger partial charge in [0.1, 0.15) is 5.82 Å². The van der Waals surface area contributed by atoms with Crippen molar-refractivity contribution in [2.75, 3.05) is 5.32 Å². The van der Waals surface area contributed by atoms with Crippen LogP contribution in [0.2, 0.25) is 0 Å². The van der Waals surface area contributed by atoms with Crippen molar-refractivity contribution in [3.63, 3.8) is 0 Å². The van der Waals surface area contributed by atoms with E-state index in [0.29, 0.717) is 4.47 Å². The van der Waals surface area contributed by atoms with Gasteiger partial charge in [0.25, 0.3) is 0 Å². The van der Waals surface area contributed by atoms with Crippen LogP contribution in [0, 0.1) is 5.82 Å². The molecule has 0 aliphatic heterocycles. The van der Waals surface area contributed by atoms with E-state index in [2.05, 4.69) is 33.2 Å². The van der Waals surface area contributed by atoms with Crippen molar-refractivity contribution in [2.24, 2.45) is 0 Å². The lowest BCUT2D eigenvalue weighted by Crippen LogP contribution is -2.07. The van der Waals surface area contributed by atoms with E-state index in [0.717, 1.165) is 22.2 Å². The topological polar surface area (TPSA) is 24.9 Å². The molecule has 1 heterocycles. The minimum absolute atomic E-state index is 0.0627. The Kier molecular flexibility index (Phi) is 3.88. The van der Waals surface area contributed by atoms with Gasteiger partial charge in [0.05, 0.1) is 9.99 Å². The molecular formula is C17H14BrFN2. The molecule has 1 aromatic heterocycles. The fraction of sp³-hybridized carbons (Fsp3) is 0.118. The summed E-state index contributed by atoms with van der Waals surface area (Å²) >= 11 is 3.23. The standard InChI is InChI=1S/C17H14BrFN2/c1-11(12-7-8-15(19)14(18)10-12)21-17-6-2-5-16-13(17)4-3-9-20-16/h2-11,21H,1H3. The lowest BCUT2D eigenvalue weighted by molar-refractivity contribution is 0.619. The second-order valence-corrected chi connectivity index (χ2v) is 5.77.